The molecule has 0 N–H and O–H groups in total. The highest BCUT2D eigenvalue weighted by Crippen LogP contribution is 2.29. The van der Waals surface area contributed by atoms with E-state index in [2.05, 4.69) is 0 Å². The minimum Gasteiger partial charge on any atom is -0.372 e. The van der Waals surface area contributed by atoms with Crippen molar-refractivity contribution in [3.63, 3.8) is 0 Å². The normalized spacial score (nSPS) is 38.9. The van der Waals surface area contributed by atoms with Crippen LogP contribution in [-0.4, -0.2) is 24.4 Å². The molecule has 1 fully saturated rings. The predicted molar refractivity (Wildman–Crippen MR) is 40.0 cm³/mol. The Hall–Kier alpha value is -0.590. The van der Waals surface area contributed by atoms with Crippen LogP contribution in [-0.2, 0) is 9.47 Å². The van der Waals surface area contributed by atoms with Crippen LogP contribution in [0, 0.1) is 11.3 Å². The van der Waals surface area contributed by atoms with E-state index < -0.39 is 0 Å². The lowest BCUT2D eigenvalue weighted by Crippen LogP contribution is -2.57. The third kappa shape index (κ3) is 1.52. The molecular formula is C8H13NO2. The van der Waals surface area contributed by atoms with Gasteiger partial charge in [-0.1, -0.05) is 0 Å². The molecule has 3 unspecified atom stereocenters. The number of hydrogen-bond donors (Lipinski definition) is 0. The smallest absolute Gasteiger partial charge is 0.142 e. The summed E-state index contributed by atoms with van der Waals surface area (Å²) in [6, 6.07) is 2.03. The molecule has 0 aliphatic carbocycles. The maximum Gasteiger partial charge on any atom is 0.142 e. The highest BCUT2D eigenvalue weighted by Gasteiger charge is 2.43. The van der Waals surface area contributed by atoms with Crippen molar-refractivity contribution in [3.05, 3.63) is 0 Å². The SMILES string of the molecule is CC(C#N)OC1(C)COC1C. The van der Waals surface area contributed by atoms with Crippen molar-refractivity contribution in [1.29, 1.82) is 5.26 Å². The van der Waals surface area contributed by atoms with E-state index >= 15 is 0 Å². The van der Waals surface area contributed by atoms with Crippen LogP contribution in [0.1, 0.15) is 20.8 Å². The van der Waals surface area contributed by atoms with Gasteiger partial charge >= 0.3 is 0 Å². The van der Waals surface area contributed by atoms with Crippen LogP contribution in [0.3, 0.4) is 0 Å². The molecule has 0 amide bonds. The summed E-state index contributed by atoms with van der Waals surface area (Å²) >= 11 is 0. The van der Waals surface area contributed by atoms with Gasteiger partial charge in [0, 0.05) is 0 Å². The molecule has 11 heavy (non-hydrogen) atoms. The van der Waals surface area contributed by atoms with Crippen molar-refractivity contribution in [2.24, 2.45) is 0 Å². The standard InChI is InChI=1S/C8H13NO2/c1-6(4-9)11-8(3)5-10-7(8)2/h6-7H,5H2,1-3H3. The zero-order valence-corrected chi connectivity index (χ0v) is 7.13. The van der Waals surface area contributed by atoms with Crippen LogP contribution in [0.5, 0.6) is 0 Å². The Balaban J connectivity index is 2.43. The van der Waals surface area contributed by atoms with Gasteiger partial charge in [0.1, 0.15) is 11.7 Å². The second-order valence-corrected chi connectivity index (χ2v) is 3.16. The van der Waals surface area contributed by atoms with Gasteiger partial charge in [-0.05, 0) is 20.8 Å². The molecule has 1 rings (SSSR count). The summed E-state index contributed by atoms with van der Waals surface area (Å²) in [4.78, 5) is 0. The van der Waals surface area contributed by atoms with E-state index in [4.69, 9.17) is 14.7 Å². The van der Waals surface area contributed by atoms with E-state index in [-0.39, 0.29) is 17.8 Å². The second kappa shape index (κ2) is 2.80. The number of hydrogen-bond acceptors (Lipinski definition) is 3. The number of rotatable bonds is 2. The summed E-state index contributed by atoms with van der Waals surface area (Å²) in [5.41, 5.74) is -0.241. The van der Waals surface area contributed by atoms with Crippen LogP contribution < -0.4 is 0 Å². The third-order valence-corrected chi connectivity index (χ3v) is 2.11. The van der Waals surface area contributed by atoms with Crippen molar-refractivity contribution in [1.82, 2.24) is 0 Å². The minimum absolute atomic E-state index is 0.110. The van der Waals surface area contributed by atoms with E-state index in [1.165, 1.54) is 0 Å². The van der Waals surface area contributed by atoms with Gasteiger partial charge < -0.3 is 9.47 Å². The quantitative estimate of drug-likeness (QED) is 0.599. The monoisotopic (exact) mass is 155 g/mol. The van der Waals surface area contributed by atoms with Crippen molar-refractivity contribution >= 4 is 0 Å². The molecule has 1 aliphatic rings. The number of nitrogens with zero attached hydrogens (tertiary/aromatic N) is 1. The maximum absolute atomic E-state index is 8.49. The summed E-state index contributed by atoms with van der Waals surface area (Å²) in [7, 11) is 0. The molecule has 1 saturated heterocycles. The molecule has 0 aromatic carbocycles. The van der Waals surface area contributed by atoms with Gasteiger partial charge in [-0.15, -0.1) is 0 Å². The Morgan fingerprint density at radius 1 is 1.82 bits per heavy atom. The van der Waals surface area contributed by atoms with E-state index in [0.29, 0.717) is 6.61 Å². The summed E-state index contributed by atoms with van der Waals surface area (Å²) in [5.74, 6) is 0. The van der Waals surface area contributed by atoms with Crippen molar-refractivity contribution in [2.75, 3.05) is 6.61 Å². The Morgan fingerprint density at radius 2 is 2.45 bits per heavy atom. The van der Waals surface area contributed by atoms with E-state index in [1.54, 1.807) is 6.92 Å². The van der Waals surface area contributed by atoms with Crippen LogP contribution in [0.4, 0.5) is 0 Å². The van der Waals surface area contributed by atoms with Crippen LogP contribution in [0.15, 0.2) is 0 Å². The van der Waals surface area contributed by atoms with Gasteiger partial charge in [0.15, 0.2) is 0 Å². The fraction of sp³-hybridized carbons (Fsp3) is 0.875. The first-order chi connectivity index (χ1) is 5.08. The molecule has 3 atom stereocenters. The van der Waals surface area contributed by atoms with Crippen LogP contribution >= 0.6 is 0 Å². The van der Waals surface area contributed by atoms with E-state index in [1.807, 2.05) is 19.9 Å². The Morgan fingerprint density at radius 3 is 2.73 bits per heavy atom. The average Bonchev–Trinajstić information content (AvgIpc) is 2.01. The highest BCUT2D eigenvalue weighted by atomic mass is 16.6. The zero-order chi connectivity index (χ0) is 8.48. The first kappa shape index (κ1) is 8.51. The summed E-state index contributed by atoms with van der Waals surface area (Å²) in [6.45, 7) is 6.26. The molecule has 0 aromatic rings. The molecule has 0 aromatic heterocycles. The number of ether oxygens (including phenoxy) is 2. The lowest BCUT2D eigenvalue weighted by Gasteiger charge is -2.45. The molecule has 0 bridgehead atoms. The summed E-state index contributed by atoms with van der Waals surface area (Å²) in [5, 5.41) is 8.49. The predicted octanol–water partition coefficient (Wildman–Crippen LogP) is 1.09. The molecule has 0 saturated carbocycles. The first-order valence-corrected chi connectivity index (χ1v) is 3.77. The van der Waals surface area contributed by atoms with E-state index in [0.717, 1.165) is 0 Å². The molecular weight excluding hydrogens is 142 g/mol. The Kier molecular flexibility index (Phi) is 2.17. The van der Waals surface area contributed by atoms with Gasteiger partial charge in [0.25, 0.3) is 0 Å². The molecule has 62 valence electrons. The van der Waals surface area contributed by atoms with Crippen molar-refractivity contribution < 1.29 is 9.47 Å². The lowest BCUT2D eigenvalue weighted by molar-refractivity contribution is -0.252. The van der Waals surface area contributed by atoms with Gasteiger partial charge in [0.2, 0.25) is 0 Å². The largest absolute Gasteiger partial charge is 0.372 e. The molecule has 3 heteroatoms. The average molecular weight is 155 g/mol. The minimum atomic E-state index is -0.341. The van der Waals surface area contributed by atoms with Gasteiger partial charge in [-0.3, -0.25) is 0 Å². The van der Waals surface area contributed by atoms with Gasteiger partial charge in [0.05, 0.1) is 18.8 Å². The fourth-order valence-electron chi connectivity index (χ4n) is 1.04. The molecule has 3 nitrogen and oxygen atoms in total. The molecule has 0 spiro atoms. The van der Waals surface area contributed by atoms with Gasteiger partial charge in [-0.2, -0.15) is 5.26 Å². The topological polar surface area (TPSA) is 42.2 Å². The van der Waals surface area contributed by atoms with Crippen LogP contribution in [0.2, 0.25) is 0 Å². The highest BCUT2D eigenvalue weighted by molar-refractivity contribution is 4.94. The maximum atomic E-state index is 8.49. The molecule has 1 heterocycles. The zero-order valence-electron chi connectivity index (χ0n) is 7.13. The first-order valence-electron chi connectivity index (χ1n) is 3.77. The van der Waals surface area contributed by atoms with Gasteiger partial charge in [-0.25, -0.2) is 0 Å². The summed E-state index contributed by atoms with van der Waals surface area (Å²) < 4.78 is 10.6. The molecule has 1 aliphatic heterocycles. The second-order valence-electron chi connectivity index (χ2n) is 3.16. The Labute approximate surface area is 66.9 Å². The third-order valence-electron chi connectivity index (χ3n) is 2.11. The number of nitriles is 1. The fourth-order valence-corrected chi connectivity index (χ4v) is 1.04. The van der Waals surface area contributed by atoms with Crippen LogP contribution in [0.25, 0.3) is 0 Å². The van der Waals surface area contributed by atoms with Crippen molar-refractivity contribution in [2.45, 2.75) is 38.6 Å². The van der Waals surface area contributed by atoms with Crippen molar-refractivity contribution in [3.8, 4) is 6.07 Å². The molecule has 0 radical (unpaired) electrons. The lowest BCUT2D eigenvalue weighted by atomic mass is 9.95. The summed E-state index contributed by atoms with van der Waals surface area (Å²) in [6.07, 6.45) is -0.232. The Bertz CT molecular complexity index is 187. The van der Waals surface area contributed by atoms with E-state index in [9.17, 15) is 0 Å².